The molecule has 0 N–H and O–H groups in total. The maximum absolute atomic E-state index is 12.3. The van der Waals surface area contributed by atoms with Gasteiger partial charge in [-0.1, -0.05) is 5.11 Å². The van der Waals surface area contributed by atoms with Gasteiger partial charge in [-0.05, 0) is 5.53 Å². The first-order valence-electron chi connectivity index (χ1n) is 7.45. The summed E-state index contributed by atoms with van der Waals surface area (Å²) in [6.07, 6.45) is 0. The molecule has 0 aromatic heterocycles. The van der Waals surface area contributed by atoms with Crippen LogP contribution in [-0.2, 0) is 25.8 Å². The van der Waals surface area contributed by atoms with Crippen molar-refractivity contribution in [3.05, 3.63) is 10.4 Å². The van der Waals surface area contributed by atoms with E-state index in [1.165, 1.54) is 0 Å². The van der Waals surface area contributed by atoms with E-state index in [2.05, 4.69) is 10.0 Å². The number of halogens is 2. The molecule has 1 unspecified atom stereocenters. The molecule has 0 fully saturated rings. The van der Waals surface area contributed by atoms with Crippen molar-refractivity contribution < 1.29 is 26.5 Å². The molecule has 0 aliphatic heterocycles. The van der Waals surface area contributed by atoms with Crippen LogP contribution >= 0.6 is 12.1 Å². The minimum absolute atomic E-state index is 0.0836. The van der Waals surface area contributed by atoms with Crippen molar-refractivity contribution in [3.8, 4) is 0 Å². The molecule has 0 radical (unpaired) electrons. The number of ether oxygens (including phenoxy) is 3. The quantitative estimate of drug-likeness (QED) is 0.116. The van der Waals surface area contributed by atoms with Gasteiger partial charge in [0.05, 0.1) is 39.6 Å². The third-order valence-corrected chi connectivity index (χ3v) is 3.59. The predicted octanol–water partition coefficient (Wildman–Crippen LogP) is 1.90. The van der Waals surface area contributed by atoms with Gasteiger partial charge in [0.25, 0.3) is 0 Å². The molecule has 0 aliphatic carbocycles. The van der Waals surface area contributed by atoms with E-state index in [0.29, 0.717) is 65.8 Å². The van der Waals surface area contributed by atoms with Gasteiger partial charge in [-0.15, -0.1) is 0 Å². The van der Waals surface area contributed by atoms with Gasteiger partial charge in [-0.2, -0.15) is 3.89 Å². The van der Waals surface area contributed by atoms with Crippen LogP contribution in [0.25, 0.3) is 10.4 Å². The van der Waals surface area contributed by atoms with Crippen LogP contribution in [0.3, 0.4) is 0 Å². The first kappa shape index (κ1) is 23.7. The zero-order chi connectivity index (χ0) is 17.9. The molecule has 0 aliphatic rings. The summed E-state index contributed by atoms with van der Waals surface area (Å²) in [6, 6.07) is 0. The maximum Gasteiger partial charge on any atom is 0.178 e. The average Bonchev–Trinajstić information content (AvgIpc) is 2.57. The molecule has 24 heavy (non-hydrogen) atoms. The minimum Gasteiger partial charge on any atom is -0.581 e. The summed E-state index contributed by atoms with van der Waals surface area (Å²) >= 11 is -2.13. The zero-order valence-corrected chi connectivity index (χ0v) is 15.1. The zero-order valence-electron chi connectivity index (χ0n) is 13.5. The number of hydrogen-bond acceptors (Lipinski definition) is 7. The molecular formula is C12H24F2N4O4S2. The molecule has 0 spiro atoms. The van der Waals surface area contributed by atoms with E-state index in [1.807, 2.05) is 4.90 Å². The molecule has 1 atom stereocenters. The second-order valence-electron chi connectivity index (χ2n) is 4.44. The van der Waals surface area contributed by atoms with Crippen LogP contribution in [0, 0.1) is 0 Å². The molecular weight excluding hydrogens is 366 g/mol. The Balaban J connectivity index is 3.44. The van der Waals surface area contributed by atoms with E-state index >= 15 is 0 Å². The Kier molecular flexibility index (Phi) is 18.7. The topological polar surface area (TPSA) is 103 Å². The first-order chi connectivity index (χ1) is 11.7. The molecule has 0 saturated heterocycles. The summed E-state index contributed by atoms with van der Waals surface area (Å²) in [4.78, 5) is 4.41. The highest BCUT2D eigenvalue weighted by molar-refractivity contribution is 7.94. The monoisotopic (exact) mass is 390 g/mol. The van der Waals surface area contributed by atoms with E-state index in [9.17, 15) is 12.3 Å². The molecule has 0 bridgehead atoms. The minimum atomic E-state index is -2.35. The Bertz CT molecular complexity index is 329. The van der Waals surface area contributed by atoms with Crippen molar-refractivity contribution in [3.63, 3.8) is 0 Å². The molecule has 142 valence electrons. The van der Waals surface area contributed by atoms with Gasteiger partial charge >= 0.3 is 0 Å². The molecule has 0 aromatic carbocycles. The summed E-state index contributed by atoms with van der Waals surface area (Å²) in [5, 5.41) is 3.33. The molecule has 0 aromatic rings. The van der Waals surface area contributed by atoms with E-state index in [0.717, 1.165) is 0 Å². The van der Waals surface area contributed by atoms with E-state index in [-0.39, 0.29) is 23.7 Å². The number of rotatable bonds is 18. The maximum atomic E-state index is 12.3. The average molecular weight is 390 g/mol. The fraction of sp³-hybridized carbons (Fsp3) is 1.00. The molecule has 0 amide bonds. The van der Waals surface area contributed by atoms with Crippen LogP contribution < -0.4 is 0 Å². The largest absolute Gasteiger partial charge is 0.581 e. The van der Waals surface area contributed by atoms with Gasteiger partial charge in [-0.25, -0.2) is 0 Å². The number of azide groups is 1. The van der Waals surface area contributed by atoms with Crippen LogP contribution in [0.5, 0.6) is 0 Å². The highest BCUT2D eigenvalue weighted by Crippen LogP contribution is 2.02. The van der Waals surface area contributed by atoms with Crippen LogP contribution in [0.1, 0.15) is 0 Å². The van der Waals surface area contributed by atoms with Crippen molar-refractivity contribution in [1.82, 2.24) is 4.90 Å². The SMILES string of the molecule is [N-]=[N+]=NCCOCCOCCOCCN(CCSF)CC[S+]([O-])F. The lowest BCUT2D eigenvalue weighted by Crippen LogP contribution is -2.33. The second-order valence-corrected chi connectivity index (χ2v) is 6.06. The van der Waals surface area contributed by atoms with Crippen molar-refractivity contribution in [2.75, 3.05) is 77.3 Å². The lowest BCUT2D eigenvalue weighted by molar-refractivity contribution is 0.0123. The number of hydrogen-bond donors (Lipinski definition) is 0. The third kappa shape index (κ3) is 18.0. The fourth-order valence-electron chi connectivity index (χ4n) is 1.59. The highest BCUT2D eigenvalue weighted by Gasteiger charge is 2.11. The van der Waals surface area contributed by atoms with Gasteiger partial charge in [0.1, 0.15) is 0 Å². The van der Waals surface area contributed by atoms with Crippen LogP contribution in [-0.4, -0.2) is 86.8 Å². The molecule has 12 heteroatoms. The lowest BCUT2D eigenvalue weighted by Gasteiger charge is -2.20. The van der Waals surface area contributed by atoms with Crippen molar-refractivity contribution >= 4 is 23.7 Å². The van der Waals surface area contributed by atoms with Crippen molar-refractivity contribution in [1.29, 1.82) is 0 Å². The Morgan fingerprint density at radius 1 is 1.04 bits per heavy atom. The van der Waals surface area contributed by atoms with Gasteiger partial charge in [0.2, 0.25) is 0 Å². The Hall–Kier alpha value is -0.330. The highest BCUT2D eigenvalue weighted by atomic mass is 32.3. The van der Waals surface area contributed by atoms with Gasteiger partial charge in [0.15, 0.2) is 17.3 Å². The summed E-state index contributed by atoms with van der Waals surface area (Å²) in [7, 11) is 0. The van der Waals surface area contributed by atoms with Gasteiger partial charge < -0.3 is 18.8 Å². The second kappa shape index (κ2) is 19.0. The van der Waals surface area contributed by atoms with E-state index in [1.54, 1.807) is 0 Å². The Labute approximate surface area is 148 Å². The Morgan fingerprint density at radius 2 is 1.67 bits per heavy atom. The van der Waals surface area contributed by atoms with Crippen LogP contribution in [0.2, 0.25) is 0 Å². The normalized spacial score (nSPS) is 12.3. The fourth-order valence-corrected chi connectivity index (χ4v) is 2.31. The third-order valence-electron chi connectivity index (χ3n) is 2.75. The van der Waals surface area contributed by atoms with Gasteiger partial charge in [-0.3, -0.25) is 4.90 Å². The van der Waals surface area contributed by atoms with E-state index in [4.69, 9.17) is 19.7 Å². The first-order valence-corrected chi connectivity index (χ1v) is 9.55. The number of nitrogens with zero attached hydrogens (tertiary/aromatic N) is 4. The molecule has 0 rings (SSSR count). The lowest BCUT2D eigenvalue weighted by atomic mass is 10.5. The smallest absolute Gasteiger partial charge is 0.178 e. The summed E-state index contributed by atoms with van der Waals surface area (Å²) < 4.78 is 50.7. The summed E-state index contributed by atoms with van der Waals surface area (Å²) in [6.45, 7) is 3.98. The predicted molar refractivity (Wildman–Crippen MR) is 90.6 cm³/mol. The molecule has 8 nitrogen and oxygen atoms in total. The Morgan fingerprint density at radius 3 is 2.25 bits per heavy atom. The molecule has 0 saturated carbocycles. The van der Waals surface area contributed by atoms with Crippen molar-refractivity contribution in [2.45, 2.75) is 0 Å². The standard InChI is InChI=1S/C12H24F2N4O4S2/c13-23-11-3-18(4-12-24(14)19)2-6-21-8-10-22-9-7-20-5-1-16-17-15/h1-12H2. The van der Waals surface area contributed by atoms with Crippen molar-refractivity contribution in [2.24, 2.45) is 5.11 Å². The van der Waals surface area contributed by atoms with Gasteiger partial charge in [0, 0.05) is 52.9 Å². The molecule has 0 heterocycles. The van der Waals surface area contributed by atoms with Crippen LogP contribution in [0.15, 0.2) is 5.11 Å². The van der Waals surface area contributed by atoms with E-state index < -0.39 is 11.6 Å². The summed E-state index contributed by atoms with van der Waals surface area (Å²) in [5.41, 5.74) is 8.05. The van der Waals surface area contributed by atoms with Crippen LogP contribution in [0.4, 0.5) is 7.77 Å². The summed E-state index contributed by atoms with van der Waals surface area (Å²) in [5.74, 6) is 0.196.